The van der Waals surface area contributed by atoms with Crippen LogP contribution in [0, 0.1) is 5.92 Å². The molecule has 1 heterocycles. The van der Waals surface area contributed by atoms with E-state index in [2.05, 4.69) is 24.2 Å². The average Bonchev–Trinajstić information content (AvgIpc) is 2.40. The highest BCUT2D eigenvalue weighted by Gasteiger charge is 2.24. The topological polar surface area (TPSA) is 24.5 Å². The minimum absolute atomic E-state index is 0.561. The molecule has 2 fully saturated rings. The van der Waals surface area contributed by atoms with Gasteiger partial charge in [0.25, 0.3) is 0 Å². The first-order valence-corrected chi connectivity index (χ1v) is 7.81. The predicted octanol–water partition coefficient (Wildman–Crippen LogP) is 2.27. The fraction of sp³-hybridized carbons (Fsp3) is 1.00. The Kier molecular flexibility index (Phi) is 5.93. The molecule has 0 amide bonds. The Morgan fingerprint density at radius 3 is 2.61 bits per heavy atom. The van der Waals surface area contributed by atoms with Crippen LogP contribution in [0.5, 0.6) is 0 Å². The van der Waals surface area contributed by atoms with Crippen molar-refractivity contribution in [3.63, 3.8) is 0 Å². The zero-order chi connectivity index (χ0) is 12.8. The average molecular weight is 254 g/mol. The van der Waals surface area contributed by atoms with E-state index >= 15 is 0 Å². The van der Waals surface area contributed by atoms with Gasteiger partial charge in [0.05, 0.1) is 12.7 Å². The maximum atomic E-state index is 6.02. The number of rotatable bonds is 5. The summed E-state index contributed by atoms with van der Waals surface area (Å²) in [4.78, 5) is 2.57. The SMILES string of the molecule is CNC1CCN(CCOC2CCCCC2)CC1C. The van der Waals surface area contributed by atoms with Gasteiger partial charge >= 0.3 is 0 Å². The van der Waals surface area contributed by atoms with Crippen molar-refractivity contribution in [3.05, 3.63) is 0 Å². The molecule has 0 spiro atoms. The van der Waals surface area contributed by atoms with Crippen LogP contribution in [0.4, 0.5) is 0 Å². The highest BCUT2D eigenvalue weighted by molar-refractivity contribution is 4.81. The van der Waals surface area contributed by atoms with Crippen LogP contribution in [0.1, 0.15) is 45.4 Å². The number of hydrogen-bond acceptors (Lipinski definition) is 3. The first-order chi connectivity index (χ1) is 8.79. The van der Waals surface area contributed by atoms with Crippen molar-refractivity contribution in [1.29, 1.82) is 0 Å². The van der Waals surface area contributed by atoms with E-state index in [4.69, 9.17) is 4.74 Å². The number of nitrogens with one attached hydrogen (secondary N) is 1. The molecule has 3 heteroatoms. The Balaban J connectivity index is 1.59. The zero-order valence-corrected chi connectivity index (χ0v) is 12.2. The van der Waals surface area contributed by atoms with Gasteiger partial charge < -0.3 is 15.0 Å². The molecule has 3 nitrogen and oxygen atoms in total. The monoisotopic (exact) mass is 254 g/mol. The van der Waals surface area contributed by atoms with Gasteiger partial charge in [-0.25, -0.2) is 0 Å². The third kappa shape index (κ3) is 4.22. The first kappa shape index (κ1) is 14.3. The summed E-state index contributed by atoms with van der Waals surface area (Å²) in [6, 6.07) is 0.709. The van der Waals surface area contributed by atoms with E-state index in [1.807, 2.05) is 0 Å². The molecule has 0 bridgehead atoms. The van der Waals surface area contributed by atoms with E-state index in [0.717, 1.165) is 19.1 Å². The fourth-order valence-corrected chi connectivity index (χ4v) is 3.44. The lowest BCUT2D eigenvalue weighted by atomic mass is 9.94. The molecule has 2 aliphatic rings. The molecule has 0 aromatic rings. The number of hydrogen-bond donors (Lipinski definition) is 1. The van der Waals surface area contributed by atoms with Crippen molar-refractivity contribution >= 4 is 0 Å². The number of piperidine rings is 1. The lowest BCUT2D eigenvalue weighted by Gasteiger charge is -2.37. The van der Waals surface area contributed by atoms with Gasteiger partial charge in [-0.15, -0.1) is 0 Å². The Bertz CT molecular complexity index is 229. The van der Waals surface area contributed by atoms with Gasteiger partial charge in [-0.2, -0.15) is 0 Å². The Morgan fingerprint density at radius 1 is 1.17 bits per heavy atom. The molecule has 106 valence electrons. The Labute approximate surface area is 112 Å². The van der Waals surface area contributed by atoms with Gasteiger partial charge in [-0.1, -0.05) is 26.2 Å². The molecule has 0 aromatic carbocycles. The van der Waals surface area contributed by atoms with Gasteiger partial charge in [-0.3, -0.25) is 0 Å². The van der Waals surface area contributed by atoms with E-state index in [9.17, 15) is 0 Å². The molecular weight excluding hydrogens is 224 g/mol. The van der Waals surface area contributed by atoms with Gasteiger partial charge in [0, 0.05) is 19.1 Å². The smallest absolute Gasteiger partial charge is 0.0597 e. The van der Waals surface area contributed by atoms with E-state index in [-0.39, 0.29) is 0 Å². The number of nitrogens with zero attached hydrogens (tertiary/aromatic N) is 1. The maximum absolute atomic E-state index is 6.02. The van der Waals surface area contributed by atoms with Crippen LogP contribution < -0.4 is 5.32 Å². The number of likely N-dealkylation sites (tertiary alicyclic amines) is 1. The normalized spacial score (nSPS) is 31.7. The second-order valence-electron chi connectivity index (χ2n) is 6.09. The summed E-state index contributed by atoms with van der Waals surface area (Å²) in [5.41, 5.74) is 0. The highest BCUT2D eigenvalue weighted by atomic mass is 16.5. The lowest BCUT2D eigenvalue weighted by Crippen LogP contribution is -2.48. The summed E-state index contributed by atoms with van der Waals surface area (Å²) in [7, 11) is 2.09. The van der Waals surface area contributed by atoms with Crippen molar-refractivity contribution in [3.8, 4) is 0 Å². The van der Waals surface area contributed by atoms with Crippen molar-refractivity contribution in [2.45, 2.75) is 57.6 Å². The zero-order valence-electron chi connectivity index (χ0n) is 12.2. The fourth-order valence-electron chi connectivity index (χ4n) is 3.44. The second kappa shape index (κ2) is 7.46. The van der Waals surface area contributed by atoms with Gasteiger partial charge in [0.1, 0.15) is 0 Å². The largest absolute Gasteiger partial charge is 0.377 e. The van der Waals surface area contributed by atoms with E-state index < -0.39 is 0 Å². The minimum Gasteiger partial charge on any atom is -0.377 e. The number of ether oxygens (including phenoxy) is 1. The molecule has 18 heavy (non-hydrogen) atoms. The standard InChI is InChI=1S/C15H30N2O/c1-13-12-17(9-8-15(13)16-2)10-11-18-14-6-4-3-5-7-14/h13-16H,3-12H2,1-2H3. The molecule has 2 unspecified atom stereocenters. The van der Waals surface area contributed by atoms with Crippen LogP contribution in [-0.4, -0.2) is 50.3 Å². The highest BCUT2D eigenvalue weighted by Crippen LogP contribution is 2.20. The van der Waals surface area contributed by atoms with Crippen molar-refractivity contribution < 1.29 is 4.74 Å². The molecule has 2 rings (SSSR count). The van der Waals surface area contributed by atoms with Crippen molar-refractivity contribution in [2.24, 2.45) is 5.92 Å². The second-order valence-corrected chi connectivity index (χ2v) is 6.09. The van der Waals surface area contributed by atoms with Crippen molar-refractivity contribution in [1.82, 2.24) is 10.2 Å². The third-order valence-electron chi connectivity index (χ3n) is 4.67. The van der Waals surface area contributed by atoms with E-state index in [1.165, 1.54) is 51.6 Å². The Morgan fingerprint density at radius 2 is 1.94 bits per heavy atom. The van der Waals surface area contributed by atoms with Gasteiger partial charge in [0.2, 0.25) is 0 Å². The third-order valence-corrected chi connectivity index (χ3v) is 4.67. The van der Waals surface area contributed by atoms with Crippen LogP contribution in [0.25, 0.3) is 0 Å². The van der Waals surface area contributed by atoms with Crippen LogP contribution in [0.15, 0.2) is 0 Å². The summed E-state index contributed by atoms with van der Waals surface area (Å²) in [5.74, 6) is 0.762. The molecule has 0 aromatic heterocycles. The van der Waals surface area contributed by atoms with Gasteiger partial charge in [-0.05, 0) is 38.8 Å². The first-order valence-electron chi connectivity index (χ1n) is 7.81. The van der Waals surface area contributed by atoms with Crippen LogP contribution >= 0.6 is 0 Å². The molecule has 2 atom stereocenters. The maximum Gasteiger partial charge on any atom is 0.0597 e. The summed E-state index contributed by atoms with van der Waals surface area (Å²) in [5, 5.41) is 3.42. The van der Waals surface area contributed by atoms with E-state index in [0.29, 0.717) is 12.1 Å². The van der Waals surface area contributed by atoms with E-state index in [1.54, 1.807) is 0 Å². The summed E-state index contributed by atoms with van der Waals surface area (Å²) in [6.45, 7) is 6.86. The molecule has 1 saturated heterocycles. The molecule has 1 aliphatic carbocycles. The van der Waals surface area contributed by atoms with Crippen LogP contribution in [-0.2, 0) is 4.74 Å². The minimum atomic E-state index is 0.561. The molecule has 1 saturated carbocycles. The quantitative estimate of drug-likeness (QED) is 0.814. The summed E-state index contributed by atoms with van der Waals surface area (Å²) >= 11 is 0. The van der Waals surface area contributed by atoms with Crippen molar-refractivity contribution in [2.75, 3.05) is 33.3 Å². The summed E-state index contributed by atoms with van der Waals surface area (Å²) < 4.78 is 6.02. The lowest BCUT2D eigenvalue weighted by molar-refractivity contribution is 0.00936. The molecular formula is C15H30N2O. The van der Waals surface area contributed by atoms with Crippen LogP contribution in [0.3, 0.4) is 0 Å². The Hall–Kier alpha value is -0.120. The molecule has 0 radical (unpaired) electrons. The molecule has 1 aliphatic heterocycles. The molecule has 1 N–H and O–H groups in total. The van der Waals surface area contributed by atoms with Gasteiger partial charge in [0.15, 0.2) is 0 Å². The summed E-state index contributed by atoms with van der Waals surface area (Å²) in [6.07, 6.45) is 8.57. The predicted molar refractivity (Wildman–Crippen MR) is 75.9 cm³/mol. The van der Waals surface area contributed by atoms with Crippen LogP contribution in [0.2, 0.25) is 0 Å².